The van der Waals surface area contributed by atoms with Crippen molar-refractivity contribution in [2.24, 2.45) is 0 Å². The predicted molar refractivity (Wildman–Crippen MR) is 55.3 cm³/mol. The lowest BCUT2D eigenvalue weighted by atomic mass is 10.4. The SMILES string of the molecule is COCCc1ncc(I)c(Cl)n1. The van der Waals surface area contributed by atoms with Crippen LogP contribution < -0.4 is 0 Å². The van der Waals surface area contributed by atoms with E-state index < -0.39 is 0 Å². The van der Waals surface area contributed by atoms with Crippen molar-refractivity contribution in [1.82, 2.24) is 9.97 Å². The van der Waals surface area contributed by atoms with Gasteiger partial charge in [0, 0.05) is 19.7 Å². The van der Waals surface area contributed by atoms with E-state index in [0.717, 1.165) is 9.39 Å². The van der Waals surface area contributed by atoms with Gasteiger partial charge in [-0.2, -0.15) is 0 Å². The zero-order valence-electron chi connectivity index (χ0n) is 6.55. The number of halogens is 2. The van der Waals surface area contributed by atoms with Gasteiger partial charge in [0.2, 0.25) is 0 Å². The molecule has 5 heteroatoms. The van der Waals surface area contributed by atoms with Crippen molar-refractivity contribution >= 4 is 34.2 Å². The molecule has 0 atom stereocenters. The fourth-order valence-corrected chi connectivity index (χ4v) is 1.10. The highest BCUT2D eigenvalue weighted by Crippen LogP contribution is 2.13. The molecule has 0 aliphatic rings. The highest BCUT2D eigenvalue weighted by atomic mass is 127. The summed E-state index contributed by atoms with van der Waals surface area (Å²) >= 11 is 7.88. The number of aromatic nitrogens is 2. The van der Waals surface area contributed by atoms with Crippen molar-refractivity contribution in [3.63, 3.8) is 0 Å². The minimum atomic E-state index is 0.511. The number of methoxy groups -OCH3 is 1. The molecule has 0 radical (unpaired) electrons. The smallest absolute Gasteiger partial charge is 0.146 e. The maximum Gasteiger partial charge on any atom is 0.146 e. The second-order valence-electron chi connectivity index (χ2n) is 2.17. The van der Waals surface area contributed by atoms with E-state index in [4.69, 9.17) is 16.3 Å². The van der Waals surface area contributed by atoms with Crippen LogP contribution in [0.25, 0.3) is 0 Å². The van der Waals surface area contributed by atoms with Gasteiger partial charge in [-0.25, -0.2) is 9.97 Å². The van der Waals surface area contributed by atoms with Crippen molar-refractivity contribution in [2.75, 3.05) is 13.7 Å². The van der Waals surface area contributed by atoms with E-state index in [1.54, 1.807) is 13.3 Å². The molecule has 12 heavy (non-hydrogen) atoms. The van der Waals surface area contributed by atoms with E-state index in [0.29, 0.717) is 18.2 Å². The Morgan fingerprint density at radius 2 is 2.42 bits per heavy atom. The molecule has 0 aliphatic carbocycles. The maximum atomic E-state index is 5.79. The minimum absolute atomic E-state index is 0.511. The molecule has 1 rings (SSSR count). The summed E-state index contributed by atoms with van der Waals surface area (Å²) in [6, 6.07) is 0. The lowest BCUT2D eigenvalue weighted by Crippen LogP contribution is -2.01. The average Bonchev–Trinajstić information content (AvgIpc) is 2.07. The quantitative estimate of drug-likeness (QED) is 0.632. The summed E-state index contributed by atoms with van der Waals surface area (Å²) in [4.78, 5) is 8.17. The number of hydrogen-bond donors (Lipinski definition) is 0. The fourth-order valence-electron chi connectivity index (χ4n) is 0.694. The third-order valence-electron chi connectivity index (χ3n) is 1.28. The van der Waals surface area contributed by atoms with Gasteiger partial charge in [0.15, 0.2) is 0 Å². The van der Waals surface area contributed by atoms with E-state index in [2.05, 4.69) is 32.6 Å². The molecule has 0 unspecified atom stereocenters. The van der Waals surface area contributed by atoms with Crippen LogP contribution >= 0.6 is 34.2 Å². The van der Waals surface area contributed by atoms with E-state index in [-0.39, 0.29) is 0 Å². The molecule has 0 fully saturated rings. The van der Waals surface area contributed by atoms with Gasteiger partial charge in [-0.3, -0.25) is 0 Å². The number of hydrogen-bond acceptors (Lipinski definition) is 3. The Morgan fingerprint density at radius 3 is 3.00 bits per heavy atom. The first-order valence-corrected chi connectivity index (χ1v) is 4.85. The van der Waals surface area contributed by atoms with Crippen molar-refractivity contribution in [2.45, 2.75) is 6.42 Å². The molecule has 1 heterocycles. The molecule has 0 bridgehead atoms. The van der Waals surface area contributed by atoms with E-state index in [1.165, 1.54) is 0 Å². The van der Waals surface area contributed by atoms with Gasteiger partial charge in [-0.1, -0.05) is 11.6 Å². The molecule has 3 nitrogen and oxygen atoms in total. The molecule has 1 aromatic heterocycles. The van der Waals surface area contributed by atoms with E-state index >= 15 is 0 Å². The molecule has 0 saturated heterocycles. The molecule has 1 aromatic rings. The van der Waals surface area contributed by atoms with Crippen LogP contribution in [0.1, 0.15) is 5.82 Å². The molecule has 0 saturated carbocycles. The Balaban J connectivity index is 2.69. The first kappa shape index (κ1) is 10.1. The Labute approximate surface area is 89.6 Å². The molecule has 0 N–H and O–H groups in total. The summed E-state index contributed by atoms with van der Waals surface area (Å²) in [6.07, 6.45) is 2.41. The topological polar surface area (TPSA) is 35.0 Å². The standard InChI is InChI=1S/C7H8ClIN2O/c1-12-3-2-6-10-4-5(9)7(8)11-6/h4H,2-3H2,1H3. The number of rotatable bonds is 3. The predicted octanol–water partition coefficient (Wildman–Crippen LogP) is 1.92. The van der Waals surface area contributed by atoms with Crippen LogP contribution in [0.5, 0.6) is 0 Å². The van der Waals surface area contributed by atoms with Gasteiger partial charge in [0.25, 0.3) is 0 Å². The summed E-state index contributed by atoms with van der Waals surface area (Å²) in [7, 11) is 1.65. The Kier molecular flexibility index (Phi) is 4.17. The maximum absolute atomic E-state index is 5.79. The lowest BCUT2D eigenvalue weighted by molar-refractivity contribution is 0.200. The molecule has 0 spiro atoms. The van der Waals surface area contributed by atoms with Crippen molar-refractivity contribution in [1.29, 1.82) is 0 Å². The molecule has 0 aromatic carbocycles. The Hall–Kier alpha value is 0.0600. The number of ether oxygens (including phenoxy) is 1. The van der Waals surface area contributed by atoms with Crippen molar-refractivity contribution in [3.05, 3.63) is 20.7 Å². The van der Waals surface area contributed by atoms with Gasteiger partial charge < -0.3 is 4.74 Å². The first-order chi connectivity index (χ1) is 5.74. The zero-order chi connectivity index (χ0) is 8.97. The molecule has 0 amide bonds. The second-order valence-corrected chi connectivity index (χ2v) is 3.69. The molecule has 0 aliphatic heterocycles. The highest BCUT2D eigenvalue weighted by Gasteiger charge is 2.01. The zero-order valence-corrected chi connectivity index (χ0v) is 9.46. The molecular weight excluding hydrogens is 290 g/mol. The average molecular weight is 299 g/mol. The number of nitrogens with zero attached hydrogens (tertiary/aromatic N) is 2. The van der Waals surface area contributed by atoms with Gasteiger partial charge in [0.05, 0.1) is 10.2 Å². The first-order valence-electron chi connectivity index (χ1n) is 3.40. The summed E-state index contributed by atoms with van der Waals surface area (Å²) < 4.78 is 5.76. The van der Waals surface area contributed by atoms with Crippen LogP contribution in [-0.4, -0.2) is 23.7 Å². The lowest BCUT2D eigenvalue weighted by Gasteiger charge is -1.99. The van der Waals surface area contributed by atoms with Crippen LogP contribution in [0.4, 0.5) is 0 Å². The second kappa shape index (κ2) is 4.94. The normalized spacial score (nSPS) is 10.2. The summed E-state index contributed by atoms with van der Waals surface area (Å²) in [6.45, 7) is 0.622. The van der Waals surface area contributed by atoms with Gasteiger partial charge in [-0.05, 0) is 22.6 Å². The molecular formula is C7H8ClIN2O. The highest BCUT2D eigenvalue weighted by molar-refractivity contribution is 14.1. The van der Waals surface area contributed by atoms with E-state index in [1.807, 2.05) is 0 Å². The summed E-state index contributed by atoms with van der Waals surface area (Å²) in [5, 5.41) is 0.511. The van der Waals surface area contributed by atoms with Crippen LogP contribution in [0.15, 0.2) is 6.20 Å². The Morgan fingerprint density at radius 1 is 1.67 bits per heavy atom. The fraction of sp³-hybridized carbons (Fsp3) is 0.429. The molecule has 66 valence electrons. The Bertz CT molecular complexity index is 270. The van der Waals surface area contributed by atoms with Crippen LogP contribution in [0.3, 0.4) is 0 Å². The van der Waals surface area contributed by atoms with Crippen molar-refractivity contribution < 1.29 is 4.74 Å². The third kappa shape index (κ3) is 2.84. The van der Waals surface area contributed by atoms with Gasteiger partial charge in [0.1, 0.15) is 11.0 Å². The van der Waals surface area contributed by atoms with E-state index in [9.17, 15) is 0 Å². The van der Waals surface area contributed by atoms with Gasteiger partial charge >= 0.3 is 0 Å². The minimum Gasteiger partial charge on any atom is -0.384 e. The van der Waals surface area contributed by atoms with Gasteiger partial charge in [-0.15, -0.1) is 0 Å². The summed E-state index contributed by atoms with van der Waals surface area (Å²) in [5.74, 6) is 0.724. The van der Waals surface area contributed by atoms with Crippen LogP contribution in [0, 0.1) is 3.57 Å². The summed E-state index contributed by atoms with van der Waals surface area (Å²) in [5.41, 5.74) is 0. The van der Waals surface area contributed by atoms with Crippen molar-refractivity contribution in [3.8, 4) is 0 Å². The van der Waals surface area contributed by atoms with Crippen LogP contribution in [0.2, 0.25) is 5.15 Å². The van der Waals surface area contributed by atoms with Crippen LogP contribution in [-0.2, 0) is 11.2 Å². The third-order valence-corrected chi connectivity index (χ3v) is 2.68. The monoisotopic (exact) mass is 298 g/mol. The largest absolute Gasteiger partial charge is 0.384 e.